The molecule has 2 aliphatic rings. The first-order chi connectivity index (χ1) is 9.15. The summed E-state index contributed by atoms with van der Waals surface area (Å²) in [7, 11) is 0. The molecule has 0 aromatic rings. The number of carbonyl (C=O) groups is 1. The van der Waals surface area contributed by atoms with Gasteiger partial charge in [0, 0.05) is 0 Å². The molecule has 110 valence electrons. The van der Waals surface area contributed by atoms with Crippen molar-refractivity contribution >= 4 is 5.97 Å². The highest BCUT2D eigenvalue weighted by Gasteiger charge is 2.26. The van der Waals surface area contributed by atoms with E-state index in [2.05, 4.69) is 18.7 Å². The lowest BCUT2D eigenvalue weighted by Gasteiger charge is -2.32. The van der Waals surface area contributed by atoms with Crippen molar-refractivity contribution in [3.8, 4) is 0 Å². The normalized spacial score (nSPS) is 33.1. The molecule has 2 rings (SSSR count). The topological polar surface area (TPSA) is 29.5 Å². The maximum atomic E-state index is 11.9. The highest BCUT2D eigenvalue weighted by molar-refractivity contribution is 5.71. The van der Waals surface area contributed by atoms with Gasteiger partial charge in [-0.3, -0.25) is 9.69 Å². The van der Waals surface area contributed by atoms with E-state index in [1.807, 2.05) is 0 Å². The molecule has 0 radical (unpaired) electrons. The van der Waals surface area contributed by atoms with Gasteiger partial charge in [0.05, 0.1) is 13.2 Å². The standard InChI is InChI=1S/C16H29NO2/c1-13-6-7-15(14(2)10-13)12-19-16(18)11-17-8-4-3-5-9-17/h13-15H,3-12H2,1-2H3/t13-,14-,15-/m0/s1. The number of nitrogens with zero attached hydrogens (tertiary/aromatic N) is 1. The zero-order valence-electron chi connectivity index (χ0n) is 12.6. The molecular formula is C16H29NO2. The summed E-state index contributed by atoms with van der Waals surface area (Å²) in [6.45, 7) is 7.89. The maximum Gasteiger partial charge on any atom is 0.320 e. The average Bonchev–Trinajstić information content (AvgIpc) is 2.39. The van der Waals surface area contributed by atoms with Crippen LogP contribution in [0.25, 0.3) is 0 Å². The quantitative estimate of drug-likeness (QED) is 0.733. The van der Waals surface area contributed by atoms with Crippen LogP contribution in [0, 0.1) is 17.8 Å². The Morgan fingerprint density at radius 1 is 1.16 bits per heavy atom. The molecule has 1 heterocycles. The van der Waals surface area contributed by atoms with Gasteiger partial charge in [0.25, 0.3) is 0 Å². The van der Waals surface area contributed by atoms with Crippen LogP contribution in [-0.4, -0.2) is 37.1 Å². The van der Waals surface area contributed by atoms with E-state index >= 15 is 0 Å². The summed E-state index contributed by atoms with van der Waals surface area (Å²) in [6, 6.07) is 0. The van der Waals surface area contributed by atoms with E-state index in [0.717, 1.165) is 19.0 Å². The third kappa shape index (κ3) is 4.79. The van der Waals surface area contributed by atoms with Crippen LogP contribution in [0.15, 0.2) is 0 Å². The van der Waals surface area contributed by atoms with E-state index < -0.39 is 0 Å². The minimum atomic E-state index is -0.0206. The van der Waals surface area contributed by atoms with Gasteiger partial charge >= 0.3 is 5.97 Å². The fourth-order valence-electron chi connectivity index (χ4n) is 3.52. The second-order valence-corrected chi connectivity index (χ2v) is 6.68. The maximum absolute atomic E-state index is 11.9. The lowest BCUT2D eigenvalue weighted by molar-refractivity contribution is -0.147. The third-order valence-electron chi connectivity index (χ3n) is 4.87. The highest BCUT2D eigenvalue weighted by atomic mass is 16.5. The lowest BCUT2D eigenvalue weighted by atomic mass is 9.76. The molecule has 1 aliphatic heterocycles. The van der Waals surface area contributed by atoms with Gasteiger partial charge in [0.1, 0.15) is 0 Å². The Balaban J connectivity index is 1.65. The van der Waals surface area contributed by atoms with Crippen LogP contribution in [-0.2, 0) is 9.53 Å². The van der Waals surface area contributed by atoms with E-state index in [4.69, 9.17) is 4.74 Å². The molecular weight excluding hydrogens is 238 g/mol. The Morgan fingerprint density at radius 2 is 1.89 bits per heavy atom. The van der Waals surface area contributed by atoms with Gasteiger partial charge in [-0.15, -0.1) is 0 Å². The summed E-state index contributed by atoms with van der Waals surface area (Å²) in [5, 5.41) is 0. The van der Waals surface area contributed by atoms with Crippen molar-refractivity contribution in [2.45, 2.75) is 52.4 Å². The van der Waals surface area contributed by atoms with Crippen LogP contribution in [0.5, 0.6) is 0 Å². The molecule has 1 saturated heterocycles. The average molecular weight is 267 g/mol. The summed E-state index contributed by atoms with van der Waals surface area (Å²) in [5.41, 5.74) is 0. The Kier molecular flexibility index (Phi) is 5.68. The molecule has 3 nitrogen and oxygen atoms in total. The molecule has 0 spiro atoms. The van der Waals surface area contributed by atoms with Crippen LogP contribution >= 0.6 is 0 Å². The van der Waals surface area contributed by atoms with E-state index in [-0.39, 0.29) is 5.97 Å². The van der Waals surface area contributed by atoms with Crippen molar-refractivity contribution in [3.63, 3.8) is 0 Å². The van der Waals surface area contributed by atoms with Gasteiger partial charge in [-0.05, 0) is 56.5 Å². The van der Waals surface area contributed by atoms with Gasteiger partial charge in [-0.2, -0.15) is 0 Å². The molecule has 3 heteroatoms. The zero-order chi connectivity index (χ0) is 13.7. The fourth-order valence-corrected chi connectivity index (χ4v) is 3.52. The Bertz CT molecular complexity index is 286. The first kappa shape index (κ1) is 14.8. The van der Waals surface area contributed by atoms with Crippen LogP contribution in [0.2, 0.25) is 0 Å². The van der Waals surface area contributed by atoms with Gasteiger partial charge in [-0.1, -0.05) is 26.7 Å². The molecule has 1 saturated carbocycles. The molecule has 1 aliphatic carbocycles. The van der Waals surface area contributed by atoms with E-state index in [0.29, 0.717) is 25.0 Å². The van der Waals surface area contributed by atoms with Crippen molar-refractivity contribution in [3.05, 3.63) is 0 Å². The molecule has 0 unspecified atom stereocenters. The smallest absolute Gasteiger partial charge is 0.320 e. The second-order valence-electron chi connectivity index (χ2n) is 6.68. The molecule has 0 bridgehead atoms. The van der Waals surface area contributed by atoms with Crippen LogP contribution < -0.4 is 0 Å². The summed E-state index contributed by atoms with van der Waals surface area (Å²) in [4.78, 5) is 14.1. The number of ether oxygens (including phenoxy) is 1. The third-order valence-corrected chi connectivity index (χ3v) is 4.87. The second kappa shape index (κ2) is 7.28. The van der Waals surface area contributed by atoms with Crippen LogP contribution in [0.4, 0.5) is 0 Å². The molecule has 0 N–H and O–H groups in total. The first-order valence-electron chi connectivity index (χ1n) is 8.03. The lowest BCUT2D eigenvalue weighted by Crippen LogP contribution is -2.36. The zero-order valence-corrected chi connectivity index (χ0v) is 12.6. The van der Waals surface area contributed by atoms with Crippen molar-refractivity contribution in [2.75, 3.05) is 26.2 Å². The number of piperidine rings is 1. The van der Waals surface area contributed by atoms with Crippen molar-refractivity contribution < 1.29 is 9.53 Å². The summed E-state index contributed by atoms with van der Waals surface area (Å²) < 4.78 is 5.51. The number of hydrogen-bond acceptors (Lipinski definition) is 3. The van der Waals surface area contributed by atoms with Crippen molar-refractivity contribution in [2.24, 2.45) is 17.8 Å². The molecule has 3 atom stereocenters. The summed E-state index contributed by atoms with van der Waals surface area (Å²) >= 11 is 0. The van der Waals surface area contributed by atoms with Gasteiger partial charge < -0.3 is 4.74 Å². The molecule has 0 aromatic heterocycles. The number of esters is 1. The number of rotatable bonds is 4. The fraction of sp³-hybridized carbons (Fsp3) is 0.938. The molecule has 2 fully saturated rings. The Labute approximate surface area is 117 Å². The number of carbonyl (C=O) groups excluding carboxylic acids is 1. The SMILES string of the molecule is C[C@H]1CC[C@@H](COC(=O)CN2CCCCC2)[C@@H](C)C1. The van der Waals surface area contributed by atoms with Crippen LogP contribution in [0.3, 0.4) is 0 Å². The van der Waals surface area contributed by atoms with Crippen molar-refractivity contribution in [1.82, 2.24) is 4.90 Å². The van der Waals surface area contributed by atoms with Crippen molar-refractivity contribution in [1.29, 1.82) is 0 Å². The van der Waals surface area contributed by atoms with Gasteiger partial charge in [-0.25, -0.2) is 0 Å². The van der Waals surface area contributed by atoms with Gasteiger partial charge in [0.2, 0.25) is 0 Å². The summed E-state index contributed by atoms with van der Waals surface area (Å²) in [5.74, 6) is 2.11. The number of likely N-dealkylation sites (tertiary alicyclic amines) is 1. The summed E-state index contributed by atoms with van der Waals surface area (Å²) in [6.07, 6.45) is 7.56. The molecule has 0 aromatic carbocycles. The monoisotopic (exact) mass is 267 g/mol. The minimum absolute atomic E-state index is 0.0206. The van der Waals surface area contributed by atoms with E-state index in [1.54, 1.807) is 0 Å². The molecule has 19 heavy (non-hydrogen) atoms. The van der Waals surface area contributed by atoms with Gasteiger partial charge in [0.15, 0.2) is 0 Å². The Morgan fingerprint density at radius 3 is 2.58 bits per heavy atom. The first-order valence-corrected chi connectivity index (χ1v) is 8.03. The van der Waals surface area contributed by atoms with E-state index in [1.165, 1.54) is 38.5 Å². The highest BCUT2D eigenvalue weighted by Crippen LogP contribution is 2.33. The predicted molar refractivity (Wildman–Crippen MR) is 76.9 cm³/mol. The predicted octanol–water partition coefficient (Wildman–Crippen LogP) is 3.09. The van der Waals surface area contributed by atoms with E-state index in [9.17, 15) is 4.79 Å². The molecule has 0 amide bonds. The Hall–Kier alpha value is -0.570. The largest absolute Gasteiger partial charge is 0.464 e. The van der Waals surface area contributed by atoms with Crippen LogP contribution in [0.1, 0.15) is 52.4 Å². The minimum Gasteiger partial charge on any atom is -0.464 e. The number of hydrogen-bond donors (Lipinski definition) is 0.